The van der Waals surface area contributed by atoms with E-state index in [0.717, 1.165) is 0 Å². The van der Waals surface area contributed by atoms with Crippen LogP contribution >= 0.6 is 11.6 Å². The molecule has 0 radical (unpaired) electrons. The van der Waals surface area contributed by atoms with Crippen LogP contribution in [0.2, 0.25) is 5.02 Å². The van der Waals surface area contributed by atoms with Gasteiger partial charge in [-0.05, 0) is 43.3 Å². The van der Waals surface area contributed by atoms with Crippen LogP contribution in [0.4, 0.5) is 13.2 Å². The molecule has 0 aliphatic carbocycles. The third-order valence-electron chi connectivity index (χ3n) is 8.78. The van der Waals surface area contributed by atoms with E-state index in [9.17, 15) is 33.4 Å². The molecular formula is C33H23ClF3N3O6. The molecule has 1 unspecified atom stereocenters. The van der Waals surface area contributed by atoms with Crippen LogP contribution in [0.3, 0.4) is 0 Å². The average molecular weight is 650 g/mol. The fraction of sp³-hybridized carbons (Fsp3) is 0.242. The first kappa shape index (κ1) is 29.7. The van der Waals surface area contributed by atoms with E-state index >= 15 is 0 Å². The van der Waals surface area contributed by atoms with Crippen LogP contribution in [0.5, 0.6) is 17.5 Å². The lowest BCUT2D eigenvalue weighted by atomic mass is 9.76. The Morgan fingerprint density at radius 1 is 1.11 bits per heavy atom. The standard InChI is InChI=1S/C33H23ClF3N3O6/c1-31-25(45-30(43)33(35,36)37)15-32(46-31,11-13-44-24-10-12-39-22-14-18(34)7-8-21(22)24)27-26(31)28(41)40(29(27)42)23-9-6-17(16-38)19-4-2-3-5-20(19)23/h2-10,12,14,25,41-42H,11,13,15H2,1H3/t25?,31-,32+/m1/s1. The van der Waals surface area contributed by atoms with Gasteiger partial charge in [0.1, 0.15) is 23.1 Å². The van der Waals surface area contributed by atoms with Crippen LogP contribution in [-0.2, 0) is 25.5 Å². The number of pyridine rings is 1. The molecular weight excluding hydrogens is 627 g/mol. The third-order valence-corrected chi connectivity index (χ3v) is 9.02. The summed E-state index contributed by atoms with van der Waals surface area (Å²) in [7, 11) is 0. The second-order valence-corrected chi connectivity index (χ2v) is 11.8. The van der Waals surface area contributed by atoms with E-state index in [1.807, 2.05) is 0 Å². The lowest BCUT2D eigenvalue weighted by Gasteiger charge is -2.30. The number of nitrogens with zero attached hydrogens (tertiary/aromatic N) is 3. The number of hydrogen-bond acceptors (Lipinski definition) is 8. The maximum Gasteiger partial charge on any atom is 0.490 e. The maximum atomic E-state index is 13.3. The molecule has 7 rings (SSSR count). The molecule has 46 heavy (non-hydrogen) atoms. The zero-order valence-electron chi connectivity index (χ0n) is 23.9. The lowest BCUT2D eigenvalue weighted by molar-refractivity contribution is -0.211. The summed E-state index contributed by atoms with van der Waals surface area (Å²) in [5.74, 6) is -2.84. The number of carbonyl (C=O) groups excluding carboxylic acids is 1. The Morgan fingerprint density at radius 2 is 1.85 bits per heavy atom. The highest BCUT2D eigenvalue weighted by Crippen LogP contribution is 2.66. The van der Waals surface area contributed by atoms with Crippen LogP contribution in [0.1, 0.15) is 36.5 Å². The van der Waals surface area contributed by atoms with E-state index in [-0.39, 0.29) is 30.6 Å². The topological polar surface area (TPSA) is 127 Å². The number of ether oxygens (including phenoxy) is 3. The van der Waals surface area contributed by atoms with E-state index in [4.69, 9.17) is 25.8 Å². The van der Waals surface area contributed by atoms with E-state index in [0.29, 0.717) is 43.7 Å². The van der Waals surface area contributed by atoms with Crippen molar-refractivity contribution in [1.82, 2.24) is 9.55 Å². The van der Waals surface area contributed by atoms with Gasteiger partial charge in [-0.2, -0.15) is 18.4 Å². The number of nitriles is 1. The highest BCUT2D eigenvalue weighted by Gasteiger charge is 2.68. The summed E-state index contributed by atoms with van der Waals surface area (Å²) in [6.07, 6.45) is -5.43. The molecule has 13 heteroatoms. The van der Waals surface area contributed by atoms with E-state index in [2.05, 4.69) is 11.1 Å². The number of carbonyl (C=O) groups is 1. The Balaban J connectivity index is 1.33. The number of aromatic hydroxyl groups is 2. The van der Waals surface area contributed by atoms with Crippen molar-refractivity contribution in [2.45, 2.75) is 43.2 Å². The molecule has 3 atom stereocenters. The Bertz CT molecular complexity index is 2130. The number of fused-ring (bicyclic) bond motifs is 7. The fourth-order valence-electron chi connectivity index (χ4n) is 6.80. The van der Waals surface area contributed by atoms with Gasteiger partial charge in [-0.25, -0.2) is 4.79 Å². The van der Waals surface area contributed by atoms with Crippen molar-refractivity contribution in [2.24, 2.45) is 0 Å². The van der Waals surface area contributed by atoms with Crippen molar-refractivity contribution in [3.8, 4) is 29.3 Å². The van der Waals surface area contributed by atoms with Gasteiger partial charge in [0.25, 0.3) is 0 Å². The SMILES string of the molecule is C[C@@]12O[C@@](CCOc3ccnc4cc(Cl)ccc34)(CC1OC(=O)C(F)(F)F)c1c2c(O)n(-c2ccc(C#N)c3ccccc23)c1O. The van der Waals surface area contributed by atoms with Crippen LogP contribution in [0.25, 0.3) is 27.4 Å². The third kappa shape index (κ3) is 4.34. The smallest absolute Gasteiger partial charge is 0.490 e. The lowest BCUT2D eigenvalue weighted by Crippen LogP contribution is -2.40. The Kier molecular flexibility index (Phi) is 6.63. The molecule has 3 aromatic carbocycles. The van der Waals surface area contributed by atoms with Gasteiger partial charge in [-0.15, -0.1) is 0 Å². The summed E-state index contributed by atoms with van der Waals surface area (Å²) in [6, 6.07) is 18.9. The van der Waals surface area contributed by atoms with Crippen molar-refractivity contribution >= 4 is 39.2 Å². The molecule has 1 saturated heterocycles. The van der Waals surface area contributed by atoms with E-state index in [1.54, 1.807) is 60.8 Å². The summed E-state index contributed by atoms with van der Waals surface area (Å²) in [4.78, 5) is 16.3. The normalized spacial score (nSPS) is 21.8. The van der Waals surface area contributed by atoms with Gasteiger partial charge in [0, 0.05) is 40.2 Å². The highest BCUT2D eigenvalue weighted by molar-refractivity contribution is 6.31. The van der Waals surface area contributed by atoms with Gasteiger partial charge in [0.05, 0.1) is 40.6 Å². The number of aromatic nitrogens is 2. The molecule has 2 aliphatic heterocycles. The molecule has 2 N–H and O–H groups in total. The monoisotopic (exact) mass is 649 g/mol. The Hall–Kier alpha value is -4.99. The van der Waals surface area contributed by atoms with Crippen LogP contribution in [0.15, 0.2) is 66.9 Å². The fourth-order valence-corrected chi connectivity index (χ4v) is 6.97. The zero-order valence-corrected chi connectivity index (χ0v) is 24.7. The predicted octanol–water partition coefficient (Wildman–Crippen LogP) is 6.90. The number of rotatable bonds is 6. The Morgan fingerprint density at radius 3 is 2.59 bits per heavy atom. The van der Waals surface area contributed by atoms with Crippen LogP contribution in [-0.4, -0.2) is 44.6 Å². The van der Waals surface area contributed by atoms with Gasteiger partial charge in [0.15, 0.2) is 0 Å². The average Bonchev–Trinajstić information content (AvgIpc) is 3.57. The summed E-state index contributed by atoms with van der Waals surface area (Å²) >= 11 is 6.10. The molecule has 2 bridgehead atoms. The minimum atomic E-state index is -5.26. The molecule has 1 fully saturated rings. The second-order valence-electron chi connectivity index (χ2n) is 11.4. The molecule has 0 spiro atoms. The molecule has 0 saturated carbocycles. The molecule has 2 aliphatic rings. The second kappa shape index (κ2) is 10.3. The molecule has 0 amide bonds. The number of halogens is 4. The van der Waals surface area contributed by atoms with Crippen LogP contribution < -0.4 is 4.74 Å². The summed E-state index contributed by atoms with van der Waals surface area (Å²) < 4.78 is 58.5. The van der Waals surface area contributed by atoms with Gasteiger partial charge in [-0.3, -0.25) is 9.55 Å². The number of hydrogen-bond donors (Lipinski definition) is 2. The van der Waals surface area contributed by atoms with Crippen molar-refractivity contribution in [1.29, 1.82) is 5.26 Å². The first-order valence-electron chi connectivity index (χ1n) is 14.1. The van der Waals surface area contributed by atoms with Crippen molar-refractivity contribution in [2.75, 3.05) is 6.61 Å². The molecule has 9 nitrogen and oxygen atoms in total. The van der Waals surface area contributed by atoms with Crippen molar-refractivity contribution in [3.63, 3.8) is 0 Å². The molecule has 4 heterocycles. The largest absolute Gasteiger partial charge is 0.494 e. The van der Waals surface area contributed by atoms with Gasteiger partial charge < -0.3 is 24.4 Å². The summed E-state index contributed by atoms with van der Waals surface area (Å²) in [5, 5.41) is 35.3. The van der Waals surface area contributed by atoms with E-state index < -0.39 is 41.2 Å². The number of benzene rings is 3. The van der Waals surface area contributed by atoms with Gasteiger partial charge >= 0.3 is 12.1 Å². The minimum Gasteiger partial charge on any atom is -0.494 e. The van der Waals surface area contributed by atoms with Crippen molar-refractivity contribution < 1.29 is 42.4 Å². The molecule has 2 aromatic heterocycles. The van der Waals surface area contributed by atoms with Crippen LogP contribution in [0, 0.1) is 11.3 Å². The molecule has 234 valence electrons. The summed E-state index contributed by atoms with van der Waals surface area (Å²) in [6.45, 7) is 1.37. The quantitative estimate of drug-likeness (QED) is 0.190. The number of alkyl halides is 3. The predicted molar refractivity (Wildman–Crippen MR) is 159 cm³/mol. The molecule has 5 aromatic rings. The highest BCUT2D eigenvalue weighted by atomic mass is 35.5. The first-order valence-corrected chi connectivity index (χ1v) is 14.5. The van der Waals surface area contributed by atoms with Gasteiger partial charge in [0.2, 0.25) is 11.8 Å². The van der Waals surface area contributed by atoms with E-state index in [1.165, 1.54) is 17.6 Å². The minimum absolute atomic E-state index is 0.00179. The maximum absolute atomic E-state index is 13.3. The van der Waals surface area contributed by atoms with Crippen molar-refractivity contribution in [3.05, 3.63) is 88.6 Å². The zero-order chi connectivity index (χ0) is 32.6. The number of esters is 1. The van der Waals surface area contributed by atoms with Gasteiger partial charge in [-0.1, -0.05) is 35.9 Å². The first-order chi connectivity index (χ1) is 21.9. The summed E-state index contributed by atoms with van der Waals surface area (Å²) in [5.41, 5.74) is -1.85. The Labute approximate surface area is 263 Å².